The molecule has 0 saturated carbocycles. The summed E-state index contributed by atoms with van der Waals surface area (Å²) in [4.78, 5) is 4.43. The molecular formula is C14H19ClN4. The summed E-state index contributed by atoms with van der Waals surface area (Å²) < 4.78 is 2.06. The van der Waals surface area contributed by atoms with E-state index in [-0.39, 0.29) is 0 Å². The summed E-state index contributed by atoms with van der Waals surface area (Å²) in [5, 5.41) is 3.04. The monoisotopic (exact) mass is 278 g/mol. The number of anilines is 1. The molecule has 2 unspecified atom stereocenters. The molecule has 2 heterocycles. The third-order valence-electron chi connectivity index (χ3n) is 4.00. The van der Waals surface area contributed by atoms with Crippen molar-refractivity contribution in [2.75, 3.05) is 10.7 Å². The Morgan fingerprint density at radius 3 is 2.63 bits per heavy atom. The van der Waals surface area contributed by atoms with Crippen LogP contribution in [0.25, 0.3) is 11.0 Å². The molecule has 0 bridgehead atoms. The van der Waals surface area contributed by atoms with Crippen molar-refractivity contribution in [3.8, 4) is 0 Å². The quantitative estimate of drug-likeness (QED) is 0.872. The number of nitrogens with two attached hydrogens (primary N) is 1. The molecule has 0 spiro atoms. The van der Waals surface area contributed by atoms with Crippen LogP contribution in [0, 0.1) is 0 Å². The summed E-state index contributed by atoms with van der Waals surface area (Å²) in [6.45, 7) is 4.49. The standard InChI is InChI=1S/C14H19ClN4/c1-9-4-3-5-10(2)18(9)19-13-7-6-11(15)8-12(13)17-14(19)16/h6-10H,3-5H2,1-2H3,(H2,16,17). The fourth-order valence-electron chi connectivity index (χ4n) is 3.10. The second-order valence-electron chi connectivity index (χ2n) is 5.42. The van der Waals surface area contributed by atoms with Crippen LogP contribution in [0.5, 0.6) is 0 Å². The number of halogens is 1. The van der Waals surface area contributed by atoms with E-state index in [1.54, 1.807) is 0 Å². The van der Waals surface area contributed by atoms with Gasteiger partial charge in [0.05, 0.1) is 11.0 Å². The molecule has 5 heteroatoms. The molecule has 0 aliphatic carbocycles. The van der Waals surface area contributed by atoms with E-state index in [0.717, 1.165) is 11.0 Å². The van der Waals surface area contributed by atoms with Gasteiger partial charge in [-0.2, -0.15) is 0 Å². The number of nitrogen functional groups attached to an aromatic ring is 1. The molecule has 2 atom stereocenters. The lowest BCUT2D eigenvalue weighted by Gasteiger charge is -2.41. The predicted octanol–water partition coefficient (Wildman–Crippen LogP) is 3.17. The van der Waals surface area contributed by atoms with Crippen molar-refractivity contribution in [1.82, 2.24) is 9.66 Å². The van der Waals surface area contributed by atoms with Gasteiger partial charge in [-0.15, -0.1) is 0 Å². The van der Waals surface area contributed by atoms with Gasteiger partial charge in [0.25, 0.3) is 0 Å². The fraction of sp³-hybridized carbons (Fsp3) is 0.500. The molecule has 2 aromatic rings. The Kier molecular flexibility index (Phi) is 3.05. The summed E-state index contributed by atoms with van der Waals surface area (Å²) in [6, 6.07) is 6.69. The number of aromatic nitrogens is 2. The highest BCUT2D eigenvalue weighted by Gasteiger charge is 2.27. The zero-order chi connectivity index (χ0) is 13.6. The summed E-state index contributed by atoms with van der Waals surface area (Å²) in [6.07, 6.45) is 3.66. The van der Waals surface area contributed by atoms with E-state index in [1.165, 1.54) is 19.3 Å². The van der Waals surface area contributed by atoms with Gasteiger partial charge >= 0.3 is 0 Å². The number of hydrogen-bond acceptors (Lipinski definition) is 3. The first-order chi connectivity index (χ1) is 9.08. The van der Waals surface area contributed by atoms with Gasteiger partial charge in [0.2, 0.25) is 5.95 Å². The molecule has 1 fully saturated rings. The van der Waals surface area contributed by atoms with E-state index in [9.17, 15) is 0 Å². The van der Waals surface area contributed by atoms with Crippen molar-refractivity contribution in [2.24, 2.45) is 0 Å². The number of imidazole rings is 1. The molecule has 4 nitrogen and oxygen atoms in total. The fourth-order valence-corrected chi connectivity index (χ4v) is 3.27. The van der Waals surface area contributed by atoms with E-state index in [1.807, 2.05) is 18.2 Å². The largest absolute Gasteiger partial charge is 0.368 e. The normalized spacial score (nSPS) is 24.1. The highest BCUT2D eigenvalue weighted by Crippen LogP contribution is 2.28. The van der Waals surface area contributed by atoms with Gasteiger partial charge in [0.1, 0.15) is 0 Å². The highest BCUT2D eigenvalue weighted by atomic mass is 35.5. The molecule has 1 aromatic heterocycles. The molecule has 3 rings (SSSR count). The van der Waals surface area contributed by atoms with E-state index < -0.39 is 0 Å². The Bertz CT molecular complexity index is 597. The maximum absolute atomic E-state index is 6.13. The molecular weight excluding hydrogens is 260 g/mol. The molecule has 2 N–H and O–H groups in total. The van der Waals surface area contributed by atoms with Crippen molar-refractivity contribution in [3.05, 3.63) is 23.2 Å². The van der Waals surface area contributed by atoms with Crippen LogP contribution in [0.4, 0.5) is 5.95 Å². The average Bonchev–Trinajstić information content (AvgIpc) is 2.65. The average molecular weight is 279 g/mol. The van der Waals surface area contributed by atoms with Gasteiger partial charge in [-0.3, -0.25) is 0 Å². The Labute approximate surface area is 118 Å². The minimum Gasteiger partial charge on any atom is -0.368 e. The Morgan fingerprint density at radius 1 is 1.26 bits per heavy atom. The van der Waals surface area contributed by atoms with Gasteiger partial charge in [0.15, 0.2) is 0 Å². The first-order valence-corrected chi connectivity index (χ1v) is 7.18. The van der Waals surface area contributed by atoms with Crippen LogP contribution in [-0.4, -0.2) is 21.7 Å². The lowest BCUT2D eigenvalue weighted by atomic mass is 10.00. The van der Waals surface area contributed by atoms with E-state index in [2.05, 4.69) is 28.5 Å². The molecule has 1 saturated heterocycles. The molecule has 0 amide bonds. The van der Waals surface area contributed by atoms with Crippen LogP contribution >= 0.6 is 11.6 Å². The molecule has 1 aliphatic heterocycles. The highest BCUT2D eigenvalue weighted by molar-refractivity contribution is 6.31. The number of benzene rings is 1. The number of nitrogens with zero attached hydrogens (tertiary/aromatic N) is 3. The molecule has 102 valence electrons. The van der Waals surface area contributed by atoms with Crippen LogP contribution < -0.4 is 10.7 Å². The van der Waals surface area contributed by atoms with Crippen LogP contribution in [0.2, 0.25) is 5.02 Å². The molecule has 0 radical (unpaired) electrons. The third kappa shape index (κ3) is 2.04. The summed E-state index contributed by atoms with van der Waals surface area (Å²) >= 11 is 6.02. The zero-order valence-electron chi connectivity index (χ0n) is 11.3. The predicted molar refractivity (Wildman–Crippen MR) is 80.1 cm³/mol. The molecule has 1 aromatic carbocycles. The SMILES string of the molecule is CC1CCCC(C)N1n1c(N)nc2cc(Cl)ccc21. The summed E-state index contributed by atoms with van der Waals surface area (Å²) in [7, 11) is 0. The van der Waals surface area contributed by atoms with Gasteiger partial charge in [0, 0.05) is 17.1 Å². The summed E-state index contributed by atoms with van der Waals surface area (Å²) in [5.74, 6) is 0.540. The second-order valence-corrected chi connectivity index (χ2v) is 5.86. The van der Waals surface area contributed by atoms with Gasteiger partial charge in [-0.05, 0) is 51.3 Å². The lowest BCUT2D eigenvalue weighted by Crippen LogP contribution is -2.51. The first kappa shape index (κ1) is 12.6. The van der Waals surface area contributed by atoms with Crippen LogP contribution in [0.3, 0.4) is 0 Å². The first-order valence-electron chi connectivity index (χ1n) is 6.80. The smallest absolute Gasteiger partial charge is 0.220 e. The van der Waals surface area contributed by atoms with Crippen molar-refractivity contribution >= 4 is 28.6 Å². The van der Waals surface area contributed by atoms with Crippen molar-refractivity contribution in [2.45, 2.75) is 45.2 Å². The Morgan fingerprint density at radius 2 is 1.95 bits per heavy atom. The van der Waals surface area contributed by atoms with Gasteiger partial charge in [-0.25, -0.2) is 9.66 Å². The Hall–Kier alpha value is -1.42. The van der Waals surface area contributed by atoms with Crippen LogP contribution in [0.15, 0.2) is 18.2 Å². The van der Waals surface area contributed by atoms with Gasteiger partial charge in [-0.1, -0.05) is 11.6 Å². The lowest BCUT2D eigenvalue weighted by molar-refractivity contribution is 0.343. The third-order valence-corrected chi connectivity index (χ3v) is 4.23. The minimum atomic E-state index is 0.471. The molecule has 19 heavy (non-hydrogen) atoms. The zero-order valence-corrected chi connectivity index (χ0v) is 12.1. The number of piperidine rings is 1. The number of fused-ring (bicyclic) bond motifs is 1. The Balaban J connectivity index is 2.15. The van der Waals surface area contributed by atoms with Gasteiger partial charge < -0.3 is 10.7 Å². The number of rotatable bonds is 1. The van der Waals surface area contributed by atoms with E-state index >= 15 is 0 Å². The van der Waals surface area contributed by atoms with Crippen molar-refractivity contribution < 1.29 is 0 Å². The van der Waals surface area contributed by atoms with Crippen molar-refractivity contribution in [3.63, 3.8) is 0 Å². The van der Waals surface area contributed by atoms with E-state index in [4.69, 9.17) is 17.3 Å². The number of hydrogen-bond donors (Lipinski definition) is 1. The van der Waals surface area contributed by atoms with Crippen LogP contribution in [-0.2, 0) is 0 Å². The minimum absolute atomic E-state index is 0.471. The maximum atomic E-state index is 6.13. The topological polar surface area (TPSA) is 47.1 Å². The summed E-state index contributed by atoms with van der Waals surface area (Å²) in [5.41, 5.74) is 8.01. The van der Waals surface area contributed by atoms with Crippen LogP contribution in [0.1, 0.15) is 33.1 Å². The second kappa shape index (κ2) is 4.60. The van der Waals surface area contributed by atoms with E-state index in [0.29, 0.717) is 23.1 Å². The maximum Gasteiger partial charge on any atom is 0.220 e. The molecule has 1 aliphatic rings. The van der Waals surface area contributed by atoms with Crippen molar-refractivity contribution in [1.29, 1.82) is 0 Å².